The Hall–Kier alpha value is -0.860. The van der Waals surface area contributed by atoms with Crippen molar-refractivity contribution in [3.8, 4) is 0 Å². The molecular formula is C6H11NO2. The zero-order valence-electron chi connectivity index (χ0n) is 5.92. The maximum atomic E-state index is 10.5. The van der Waals surface area contributed by atoms with Gasteiger partial charge in [-0.2, -0.15) is 0 Å². The van der Waals surface area contributed by atoms with Crippen LogP contribution in [0.2, 0.25) is 0 Å². The van der Waals surface area contributed by atoms with Gasteiger partial charge in [-0.1, -0.05) is 0 Å². The predicted octanol–water partition coefficient (Wildman–Crippen LogP) is 0.0521. The van der Waals surface area contributed by atoms with Gasteiger partial charge in [-0.25, -0.2) is 0 Å². The first-order chi connectivity index (χ1) is 4.09. The molecule has 0 aromatic carbocycles. The molecule has 0 rings (SSSR count). The van der Waals surface area contributed by atoms with Crippen LogP contribution in [0.4, 0.5) is 0 Å². The van der Waals surface area contributed by atoms with Gasteiger partial charge < -0.3 is 4.90 Å². The van der Waals surface area contributed by atoms with E-state index < -0.39 is 0 Å². The molecule has 3 heteroatoms. The molecule has 0 saturated heterocycles. The average molecular weight is 129 g/mol. The summed E-state index contributed by atoms with van der Waals surface area (Å²) >= 11 is 0. The number of hydrogen-bond acceptors (Lipinski definition) is 2. The maximum absolute atomic E-state index is 10.5. The zero-order valence-corrected chi connectivity index (χ0v) is 5.92. The highest BCUT2D eigenvalue weighted by Gasteiger charge is 2.10. The lowest BCUT2D eigenvalue weighted by atomic mass is 10.2. The summed E-state index contributed by atoms with van der Waals surface area (Å²) in [6.07, 6.45) is 0.645. The first-order valence-corrected chi connectivity index (χ1v) is 2.77. The molecule has 0 aromatic heterocycles. The van der Waals surface area contributed by atoms with E-state index in [4.69, 9.17) is 0 Å². The Morgan fingerprint density at radius 1 is 1.67 bits per heavy atom. The second-order valence-corrected chi connectivity index (χ2v) is 2.06. The summed E-state index contributed by atoms with van der Waals surface area (Å²) in [5, 5.41) is 0. The molecule has 0 spiro atoms. The van der Waals surface area contributed by atoms with E-state index in [1.54, 1.807) is 14.0 Å². The first-order valence-electron chi connectivity index (χ1n) is 2.77. The number of likely N-dealkylation sites (N-methyl/N-ethyl adjacent to an activating group) is 1. The largest absolute Gasteiger partial charge is 0.339 e. The van der Waals surface area contributed by atoms with Crippen molar-refractivity contribution < 1.29 is 9.59 Å². The lowest BCUT2D eigenvalue weighted by molar-refractivity contribution is -0.128. The molecule has 0 heterocycles. The first kappa shape index (κ1) is 8.14. The monoisotopic (exact) mass is 129 g/mol. The maximum Gasteiger partial charge on any atom is 0.210 e. The van der Waals surface area contributed by atoms with Gasteiger partial charge in [-0.3, -0.25) is 9.59 Å². The van der Waals surface area contributed by atoms with Crippen LogP contribution in [-0.2, 0) is 9.59 Å². The predicted molar refractivity (Wildman–Crippen MR) is 34.0 cm³/mol. The van der Waals surface area contributed by atoms with Crippen LogP contribution in [0.15, 0.2) is 0 Å². The highest BCUT2D eigenvalue weighted by molar-refractivity contribution is 5.82. The normalized spacial score (nSPS) is 12.3. The minimum atomic E-state index is -0.289. The van der Waals surface area contributed by atoms with Crippen molar-refractivity contribution in [2.45, 2.75) is 19.9 Å². The summed E-state index contributed by atoms with van der Waals surface area (Å²) in [5.41, 5.74) is 0. The van der Waals surface area contributed by atoms with E-state index in [1.807, 2.05) is 0 Å². The number of amides is 1. The van der Waals surface area contributed by atoms with Crippen LogP contribution >= 0.6 is 0 Å². The lowest BCUT2D eigenvalue weighted by Gasteiger charge is -2.16. The highest BCUT2D eigenvalue weighted by Crippen LogP contribution is 1.91. The third-order valence-corrected chi connectivity index (χ3v) is 1.37. The molecule has 1 amide bonds. The molecular weight excluding hydrogens is 118 g/mol. The van der Waals surface area contributed by atoms with Crippen molar-refractivity contribution in [2.75, 3.05) is 7.05 Å². The van der Waals surface area contributed by atoms with Crippen molar-refractivity contribution >= 4 is 12.2 Å². The SMILES string of the molecule is CC(=O)[C@@H](C)N(C)C=O. The van der Waals surface area contributed by atoms with Gasteiger partial charge >= 0.3 is 0 Å². The molecule has 0 unspecified atom stereocenters. The summed E-state index contributed by atoms with van der Waals surface area (Å²) in [6, 6.07) is -0.289. The summed E-state index contributed by atoms with van der Waals surface area (Å²) in [4.78, 5) is 21.9. The Labute approximate surface area is 54.6 Å². The van der Waals surface area contributed by atoms with Gasteiger partial charge in [0.1, 0.15) is 0 Å². The second kappa shape index (κ2) is 3.22. The van der Waals surface area contributed by atoms with Crippen LogP contribution in [0.1, 0.15) is 13.8 Å². The standard InChI is InChI=1S/C6H11NO2/c1-5(6(2)9)7(3)4-8/h4-5H,1-3H3/t5-/m1/s1. The average Bonchev–Trinajstić information content (AvgIpc) is 1.84. The Kier molecular flexibility index (Phi) is 2.91. The Bertz CT molecular complexity index is 122. The second-order valence-electron chi connectivity index (χ2n) is 2.06. The lowest BCUT2D eigenvalue weighted by Crippen LogP contribution is -2.33. The summed E-state index contributed by atoms with van der Waals surface area (Å²) in [5.74, 6) is 0.00426. The van der Waals surface area contributed by atoms with Crippen molar-refractivity contribution in [3.63, 3.8) is 0 Å². The van der Waals surface area contributed by atoms with Gasteiger partial charge in [0.25, 0.3) is 0 Å². The Morgan fingerprint density at radius 2 is 2.11 bits per heavy atom. The fourth-order valence-corrected chi connectivity index (χ4v) is 0.378. The minimum absolute atomic E-state index is 0.00426. The summed E-state index contributed by atoms with van der Waals surface area (Å²) in [6.45, 7) is 3.15. The van der Waals surface area contributed by atoms with Crippen LogP contribution in [0.25, 0.3) is 0 Å². The number of rotatable bonds is 3. The number of ketones is 1. The molecule has 0 radical (unpaired) electrons. The topological polar surface area (TPSA) is 37.4 Å². The van der Waals surface area contributed by atoms with E-state index in [1.165, 1.54) is 11.8 Å². The third kappa shape index (κ3) is 2.26. The van der Waals surface area contributed by atoms with Gasteiger partial charge in [-0.15, -0.1) is 0 Å². The van der Waals surface area contributed by atoms with Gasteiger partial charge in [-0.05, 0) is 13.8 Å². The molecule has 0 N–H and O–H groups in total. The van der Waals surface area contributed by atoms with Crippen molar-refractivity contribution in [3.05, 3.63) is 0 Å². The molecule has 9 heavy (non-hydrogen) atoms. The van der Waals surface area contributed by atoms with Gasteiger partial charge in [0.2, 0.25) is 6.41 Å². The fraction of sp³-hybridized carbons (Fsp3) is 0.667. The van der Waals surface area contributed by atoms with Crippen molar-refractivity contribution in [1.29, 1.82) is 0 Å². The van der Waals surface area contributed by atoms with Crippen LogP contribution < -0.4 is 0 Å². The van der Waals surface area contributed by atoms with Crippen LogP contribution in [0, 0.1) is 0 Å². The molecule has 0 aliphatic heterocycles. The molecule has 0 aliphatic rings. The van der Waals surface area contributed by atoms with E-state index in [9.17, 15) is 9.59 Å². The van der Waals surface area contributed by atoms with Crippen LogP contribution in [0.3, 0.4) is 0 Å². The summed E-state index contributed by atoms with van der Waals surface area (Å²) in [7, 11) is 1.58. The molecule has 0 saturated carbocycles. The molecule has 0 aromatic rings. The molecule has 0 bridgehead atoms. The molecule has 1 atom stereocenters. The molecule has 3 nitrogen and oxygen atoms in total. The van der Waals surface area contributed by atoms with E-state index >= 15 is 0 Å². The van der Waals surface area contributed by atoms with E-state index in [2.05, 4.69) is 0 Å². The van der Waals surface area contributed by atoms with E-state index in [0.29, 0.717) is 6.41 Å². The number of nitrogens with zero attached hydrogens (tertiary/aromatic N) is 1. The van der Waals surface area contributed by atoms with Crippen molar-refractivity contribution in [1.82, 2.24) is 4.90 Å². The van der Waals surface area contributed by atoms with E-state index in [0.717, 1.165) is 0 Å². The number of Topliss-reactive ketones (excluding diaryl/α,β-unsaturated/α-hetero) is 1. The van der Waals surface area contributed by atoms with Crippen LogP contribution in [-0.4, -0.2) is 30.2 Å². The quantitative estimate of drug-likeness (QED) is 0.505. The van der Waals surface area contributed by atoms with Gasteiger partial charge in [0, 0.05) is 7.05 Å². The van der Waals surface area contributed by atoms with Crippen molar-refractivity contribution in [2.24, 2.45) is 0 Å². The molecule has 52 valence electrons. The Balaban J connectivity index is 3.86. The number of carbonyl (C=O) groups is 2. The minimum Gasteiger partial charge on any atom is -0.339 e. The number of carbonyl (C=O) groups excluding carboxylic acids is 2. The van der Waals surface area contributed by atoms with Gasteiger partial charge in [0.15, 0.2) is 5.78 Å². The third-order valence-electron chi connectivity index (χ3n) is 1.37. The Morgan fingerprint density at radius 3 is 2.22 bits per heavy atom. The number of hydrogen-bond donors (Lipinski definition) is 0. The zero-order chi connectivity index (χ0) is 7.44. The van der Waals surface area contributed by atoms with E-state index in [-0.39, 0.29) is 11.8 Å². The highest BCUT2D eigenvalue weighted by atomic mass is 16.1. The molecule has 0 fully saturated rings. The van der Waals surface area contributed by atoms with Crippen LogP contribution in [0.5, 0.6) is 0 Å². The molecule has 0 aliphatic carbocycles. The summed E-state index contributed by atoms with van der Waals surface area (Å²) < 4.78 is 0. The van der Waals surface area contributed by atoms with Gasteiger partial charge in [0.05, 0.1) is 6.04 Å². The fourth-order valence-electron chi connectivity index (χ4n) is 0.378. The smallest absolute Gasteiger partial charge is 0.210 e.